The minimum Gasteiger partial charge on any atom is -0.488 e. The summed E-state index contributed by atoms with van der Waals surface area (Å²) in [6.07, 6.45) is 1.18. The van der Waals surface area contributed by atoms with Gasteiger partial charge in [0.1, 0.15) is 18.4 Å². The van der Waals surface area contributed by atoms with Gasteiger partial charge >= 0.3 is 0 Å². The van der Waals surface area contributed by atoms with Crippen molar-refractivity contribution < 1.29 is 28.3 Å². The molecule has 2 atom stereocenters. The summed E-state index contributed by atoms with van der Waals surface area (Å²) in [4.78, 5) is 16.7. The molecule has 0 unspecified atom stereocenters. The van der Waals surface area contributed by atoms with E-state index in [1.807, 2.05) is 0 Å². The SMILES string of the molecule is O=C(NO)[C@H]1[C@@H](O)CCCN1S(=O)(=O)c1ccc(OCc2cncs2)cc1. The zero-order chi connectivity index (χ0) is 19.4. The molecule has 1 amide bonds. The van der Waals surface area contributed by atoms with Crippen molar-refractivity contribution in [3.05, 3.63) is 40.8 Å². The molecule has 146 valence electrons. The summed E-state index contributed by atoms with van der Waals surface area (Å²) in [5.41, 5.74) is 3.12. The van der Waals surface area contributed by atoms with Crippen molar-refractivity contribution in [1.29, 1.82) is 0 Å². The van der Waals surface area contributed by atoms with Crippen molar-refractivity contribution in [2.75, 3.05) is 6.54 Å². The summed E-state index contributed by atoms with van der Waals surface area (Å²) in [6, 6.07) is 4.43. The molecule has 0 spiro atoms. The van der Waals surface area contributed by atoms with Crippen molar-refractivity contribution in [2.45, 2.75) is 36.5 Å². The van der Waals surface area contributed by atoms with E-state index in [1.54, 1.807) is 11.7 Å². The first-order valence-electron chi connectivity index (χ1n) is 8.17. The number of amides is 1. The molecule has 1 aromatic carbocycles. The Morgan fingerprint density at radius 3 is 2.74 bits per heavy atom. The summed E-state index contributed by atoms with van der Waals surface area (Å²) in [5, 5.41) is 18.9. The van der Waals surface area contributed by atoms with Gasteiger partial charge in [-0.2, -0.15) is 4.31 Å². The lowest BCUT2D eigenvalue weighted by Gasteiger charge is -2.36. The highest BCUT2D eigenvalue weighted by atomic mass is 32.2. The number of aliphatic hydroxyl groups is 1. The molecule has 1 aromatic heterocycles. The first-order valence-corrected chi connectivity index (χ1v) is 10.5. The highest BCUT2D eigenvalue weighted by molar-refractivity contribution is 7.89. The van der Waals surface area contributed by atoms with Gasteiger partial charge in [-0.1, -0.05) is 0 Å². The number of nitrogens with zero attached hydrogens (tertiary/aromatic N) is 2. The number of hydrogen-bond acceptors (Lipinski definition) is 8. The van der Waals surface area contributed by atoms with Crippen LogP contribution in [0.5, 0.6) is 5.75 Å². The normalized spacial score (nSPS) is 21.0. The Morgan fingerprint density at radius 2 is 2.11 bits per heavy atom. The third kappa shape index (κ3) is 4.28. The fraction of sp³-hybridized carbons (Fsp3) is 0.375. The van der Waals surface area contributed by atoms with E-state index >= 15 is 0 Å². The number of ether oxygens (including phenoxy) is 1. The number of benzene rings is 1. The fourth-order valence-electron chi connectivity index (χ4n) is 2.90. The molecule has 3 rings (SSSR count). The first-order chi connectivity index (χ1) is 12.9. The lowest BCUT2D eigenvalue weighted by atomic mass is 10.0. The van der Waals surface area contributed by atoms with Crippen LogP contribution in [0, 0.1) is 0 Å². The van der Waals surface area contributed by atoms with Gasteiger partial charge in [-0.25, -0.2) is 13.9 Å². The highest BCUT2D eigenvalue weighted by Gasteiger charge is 2.42. The van der Waals surface area contributed by atoms with E-state index in [9.17, 15) is 18.3 Å². The molecule has 0 radical (unpaired) electrons. The number of hydrogen-bond donors (Lipinski definition) is 3. The molecule has 1 fully saturated rings. The average Bonchev–Trinajstić information content (AvgIpc) is 3.19. The van der Waals surface area contributed by atoms with E-state index in [-0.39, 0.29) is 17.9 Å². The minimum atomic E-state index is -4.04. The molecule has 1 aliphatic heterocycles. The van der Waals surface area contributed by atoms with Gasteiger partial charge in [0.2, 0.25) is 10.0 Å². The van der Waals surface area contributed by atoms with Gasteiger partial charge in [-0.05, 0) is 37.1 Å². The topological polar surface area (TPSA) is 129 Å². The quantitative estimate of drug-likeness (QED) is 0.470. The number of sulfonamides is 1. The Morgan fingerprint density at radius 1 is 1.37 bits per heavy atom. The highest BCUT2D eigenvalue weighted by Crippen LogP contribution is 2.27. The molecular weight excluding hydrogens is 394 g/mol. The van der Waals surface area contributed by atoms with E-state index in [0.717, 1.165) is 9.18 Å². The minimum absolute atomic E-state index is 0.0301. The molecule has 9 nitrogen and oxygen atoms in total. The standard InChI is InChI=1S/C16H19N3O6S2/c20-14-2-1-7-19(15(14)16(21)18-22)27(23,24)13-5-3-11(4-6-13)25-9-12-8-17-10-26-12/h3-6,8,10,14-15,20,22H,1-2,7,9H2,(H,18,21)/t14-,15+/m0/s1. The van der Waals surface area contributed by atoms with Crippen LogP contribution in [0.2, 0.25) is 0 Å². The summed E-state index contributed by atoms with van der Waals surface area (Å²) in [5.74, 6) is -0.471. The Bertz CT molecular complexity index is 870. The van der Waals surface area contributed by atoms with Gasteiger partial charge < -0.3 is 9.84 Å². The lowest BCUT2D eigenvalue weighted by molar-refractivity contribution is -0.138. The molecule has 2 heterocycles. The number of carbonyl (C=O) groups excluding carboxylic acids is 1. The van der Waals surface area contributed by atoms with Crippen LogP contribution >= 0.6 is 11.3 Å². The van der Waals surface area contributed by atoms with E-state index in [4.69, 9.17) is 9.94 Å². The maximum absolute atomic E-state index is 12.9. The largest absolute Gasteiger partial charge is 0.488 e. The second-order valence-corrected chi connectivity index (χ2v) is 8.84. The summed E-state index contributed by atoms with van der Waals surface area (Å²) >= 11 is 1.45. The Kier molecular flexibility index (Phi) is 6.07. The summed E-state index contributed by atoms with van der Waals surface area (Å²) in [6.45, 7) is 0.398. The first kappa shape index (κ1) is 19.7. The predicted octanol–water partition coefficient (Wildman–Crippen LogP) is 0.741. The number of hydroxylamine groups is 1. The third-order valence-corrected chi connectivity index (χ3v) is 6.87. The van der Waals surface area contributed by atoms with Crippen LogP contribution in [0.1, 0.15) is 17.7 Å². The third-order valence-electron chi connectivity index (χ3n) is 4.23. The van der Waals surface area contributed by atoms with Crippen molar-refractivity contribution in [3.63, 3.8) is 0 Å². The Labute approximate surface area is 160 Å². The van der Waals surface area contributed by atoms with Crippen LogP contribution < -0.4 is 10.2 Å². The van der Waals surface area contributed by atoms with Gasteiger partial charge in [-0.15, -0.1) is 11.3 Å². The van der Waals surface area contributed by atoms with Crippen LogP contribution in [0.4, 0.5) is 0 Å². The van der Waals surface area contributed by atoms with E-state index in [1.165, 1.54) is 41.1 Å². The van der Waals surface area contributed by atoms with Crippen LogP contribution in [0.15, 0.2) is 40.9 Å². The van der Waals surface area contributed by atoms with Gasteiger partial charge in [0.25, 0.3) is 5.91 Å². The molecule has 1 saturated heterocycles. The Hall–Kier alpha value is -2.05. The van der Waals surface area contributed by atoms with Gasteiger partial charge in [0, 0.05) is 12.7 Å². The predicted molar refractivity (Wildman–Crippen MR) is 95.7 cm³/mol. The van der Waals surface area contributed by atoms with Crippen molar-refractivity contribution in [1.82, 2.24) is 14.8 Å². The molecule has 0 bridgehead atoms. The second-order valence-electron chi connectivity index (χ2n) is 5.97. The fourth-order valence-corrected chi connectivity index (χ4v) is 5.06. The monoisotopic (exact) mass is 413 g/mol. The zero-order valence-corrected chi connectivity index (χ0v) is 15.8. The van der Waals surface area contributed by atoms with Crippen LogP contribution in [0.25, 0.3) is 0 Å². The van der Waals surface area contributed by atoms with Gasteiger partial charge in [-0.3, -0.25) is 15.0 Å². The van der Waals surface area contributed by atoms with Crippen LogP contribution in [-0.2, 0) is 21.4 Å². The molecule has 0 saturated carbocycles. The van der Waals surface area contributed by atoms with Crippen LogP contribution in [0.3, 0.4) is 0 Å². The number of aliphatic hydroxyl groups excluding tert-OH is 1. The average molecular weight is 413 g/mol. The number of carbonyl (C=O) groups is 1. The van der Waals surface area contributed by atoms with E-state index in [2.05, 4.69) is 4.98 Å². The smallest absolute Gasteiger partial charge is 0.264 e. The maximum atomic E-state index is 12.9. The number of piperidine rings is 1. The van der Waals surface area contributed by atoms with Gasteiger partial charge in [0.05, 0.1) is 21.4 Å². The molecule has 27 heavy (non-hydrogen) atoms. The number of rotatable bonds is 6. The van der Waals surface area contributed by atoms with Crippen molar-refractivity contribution in [3.8, 4) is 5.75 Å². The summed E-state index contributed by atoms with van der Waals surface area (Å²) < 4.78 is 32.3. The molecule has 1 aliphatic rings. The van der Waals surface area contributed by atoms with Crippen molar-refractivity contribution in [2.24, 2.45) is 0 Å². The molecular formula is C16H19N3O6S2. The molecule has 0 aliphatic carbocycles. The van der Waals surface area contributed by atoms with Crippen LogP contribution in [-0.4, -0.2) is 52.6 Å². The second kappa shape index (κ2) is 8.31. The summed E-state index contributed by atoms with van der Waals surface area (Å²) in [7, 11) is -4.04. The maximum Gasteiger partial charge on any atom is 0.264 e. The zero-order valence-electron chi connectivity index (χ0n) is 14.2. The number of aromatic nitrogens is 1. The van der Waals surface area contributed by atoms with E-state index in [0.29, 0.717) is 18.8 Å². The molecule has 11 heteroatoms. The Balaban J connectivity index is 1.78. The van der Waals surface area contributed by atoms with E-state index < -0.39 is 28.1 Å². The number of nitrogens with one attached hydrogen (secondary N) is 1. The van der Waals surface area contributed by atoms with Gasteiger partial charge in [0.15, 0.2) is 0 Å². The molecule has 2 aromatic rings. The molecule has 3 N–H and O–H groups in total. The lowest BCUT2D eigenvalue weighted by Crippen LogP contribution is -2.57. The van der Waals surface area contributed by atoms with Crippen molar-refractivity contribution >= 4 is 27.3 Å². The number of thiazole rings is 1.